The van der Waals surface area contributed by atoms with Crippen molar-refractivity contribution >= 4 is 5.91 Å². The first kappa shape index (κ1) is 15.0. The van der Waals surface area contributed by atoms with Gasteiger partial charge in [0.2, 0.25) is 5.91 Å². The molecule has 2 N–H and O–H groups in total. The third-order valence-electron chi connectivity index (χ3n) is 3.54. The van der Waals surface area contributed by atoms with E-state index in [4.69, 9.17) is 4.74 Å². The van der Waals surface area contributed by atoms with Crippen molar-refractivity contribution in [3.63, 3.8) is 0 Å². The smallest absolute Gasteiger partial charge is 0.220 e. The van der Waals surface area contributed by atoms with Crippen molar-refractivity contribution in [3.05, 3.63) is 35.9 Å². The molecule has 0 radical (unpaired) electrons. The van der Waals surface area contributed by atoms with Gasteiger partial charge in [0.25, 0.3) is 0 Å². The fraction of sp³-hybridized carbons (Fsp3) is 0.562. The van der Waals surface area contributed by atoms with Gasteiger partial charge in [-0.15, -0.1) is 0 Å². The molecule has 1 unspecified atom stereocenters. The minimum Gasteiger partial charge on any atom is -0.377 e. The Bertz CT molecular complexity index is 389. The van der Waals surface area contributed by atoms with Crippen molar-refractivity contribution in [1.29, 1.82) is 0 Å². The SMILES string of the molecule is O=C(CC1CCNC1)NCCCOCc1ccccc1. The van der Waals surface area contributed by atoms with Gasteiger partial charge in [0.05, 0.1) is 6.61 Å². The Hall–Kier alpha value is -1.39. The molecule has 1 aromatic rings. The predicted molar refractivity (Wildman–Crippen MR) is 79.3 cm³/mol. The summed E-state index contributed by atoms with van der Waals surface area (Å²) in [6, 6.07) is 10.1. The minimum atomic E-state index is 0.168. The van der Waals surface area contributed by atoms with Crippen molar-refractivity contribution in [3.8, 4) is 0 Å². The fourth-order valence-corrected chi connectivity index (χ4v) is 2.39. The van der Waals surface area contributed by atoms with Gasteiger partial charge in [0.15, 0.2) is 0 Å². The molecule has 0 spiro atoms. The lowest BCUT2D eigenvalue weighted by molar-refractivity contribution is -0.121. The van der Waals surface area contributed by atoms with Crippen molar-refractivity contribution in [2.24, 2.45) is 5.92 Å². The molecule has 20 heavy (non-hydrogen) atoms. The summed E-state index contributed by atoms with van der Waals surface area (Å²) in [5.74, 6) is 0.686. The molecule has 1 saturated heterocycles. The normalized spacial score (nSPS) is 18.1. The van der Waals surface area contributed by atoms with Crippen molar-refractivity contribution in [2.75, 3.05) is 26.2 Å². The lowest BCUT2D eigenvalue weighted by atomic mass is 10.0. The Labute approximate surface area is 120 Å². The van der Waals surface area contributed by atoms with Crippen molar-refractivity contribution in [2.45, 2.75) is 25.9 Å². The third-order valence-corrected chi connectivity index (χ3v) is 3.54. The number of benzene rings is 1. The highest BCUT2D eigenvalue weighted by atomic mass is 16.5. The lowest BCUT2D eigenvalue weighted by Gasteiger charge is -2.09. The zero-order valence-electron chi connectivity index (χ0n) is 11.9. The van der Waals surface area contributed by atoms with E-state index in [9.17, 15) is 4.79 Å². The van der Waals surface area contributed by atoms with E-state index >= 15 is 0 Å². The molecular weight excluding hydrogens is 252 g/mol. The van der Waals surface area contributed by atoms with Gasteiger partial charge in [-0.05, 0) is 37.4 Å². The van der Waals surface area contributed by atoms with Gasteiger partial charge in [0.1, 0.15) is 0 Å². The molecule has 4 nitrogen and oxygen atoms in total. The Morgan fingerprint density at radius 1 is 1.35 bits per heavy atom. The second-order valence-electron chi connectivity index (χ2n) is 5.30. The number of carbonyl (C=O) groups is 1. The summed E-state index contributed by atoms with van der Waals surface area (Å²) in [6.07, 6.45) is 2.63. The number of amides is 1. The summed E-state index contributed by atoms with van der Waals surface area (Å²) in [4.78, 5) is 11.7. The summed E-state index contributed by atoms with van der Waals surface area (Å²) in [6.45, 7) is 4.05. The number of rotatable bonds is 8. The maximum Gasteiger partial charge on any atom is 0.220 e. The van der Waals surface area contributed by atoms with Crippen LogP contribution < -0.4 is 10.6 Å². The van der Waals surface area contributed by atoms with E-state index in [1.807, 2.05) is 18.2 Å². The van der Waals surface area contributed by atoms with Gasteiger partial charge in [-0.1, -0.05) is 30.3 Å². The van der Waals surface area contributed by atoms with Crippen LogP contribution in [0.15, 0.2) is 30.3 Å². The summed E-state index contributed by atoms with van der Waals surface area (Å²) in [5.41, 5.74) is 1.19. The molecule has 1 amide bonds. The number of carbonyl (C=O) groups excluding carboxylic acids is 1. The zero-order chi connectivity index (χ0) is 14.0. The summed E-state index contributed by atoms with van der Waals surface area (Å²) in [5, 5.41) is 6.24. The van der Waals surface area contributed by atoms with Crippen LogP contribution in [0.5, 0.6) is 0 Å². The number of hydrogen-bond donors (Lipinski definition) is 2. The first-order valence-corrected chi connectivity index (χ1v) is 7.43. The lowest BCUT2D eigenvalue weighted by Crippen LogP contribution is -2.27. The monoisotopic (exact) mass is 276 g/mol. The van der Waals surface area contributed by atoms with Crippen LogP contribution in [0.1, 0.15) is 24.8 Å². The van der Waals surface area contributed by atoms with Gasteiger partial charge in [-0.2, -0.15) is 0 Å². The average Bonchev–Trinajstić information content (AvgIpc) is 2.96. The van der Waals surface area contributed by atoms with Gasteiger partial charge >= 0.3 is 0 Å². The molecule has 4 heteroatoms. The Morgan fingerprint density at radius 2 is 2.20 bits per heavy atom. The van der Waals surface area contributed by atoms with Crippen LogP contribution in [0.3, 0.4) is 0 Å². The van der Waals surface area contributed by atoms with Crippen LogP contribution >= 0.6 is 0 Å². The average molecular weight is 276 g/mol. The molecule has 1 fully saturated rings. The maximum atomic E-state index is 11.7. The standard InChI is InChI=1S/C16H24N2O2/c19-16(11-15-7-9-17-12-15)18-8-4-10-20-13-14-5-2-1-3-6-14/h1-3,5-6,15,17H,4,7-13H2,(H,18,19). The first-order chi connectivity index (χ1) is 9.84. The van der Waals surface area contributed by atoms with E-state index in [1.54, 1.807) is 0 Å². The third kappa shape index (κ3) is 5.72. The first-order valence-electron chi connectivity index (χ1n) is 7.43. The van der Waals surface area contributed by atoms with E-state index < -0.39 is 0 Å². The van der Waals surface area contributed by atoms with Gasteiger partial charge in [0, 0.05) is 19.6 Å². The Morgan fingerprint density at radius 3 is 2.95 bits per heavy atom. The highest BCUT2D eigenvalue weighted by molar-refractivity contribution is 5.76. The van der Waals surface area contributed by atoms with Crippen LogP contribution in [-0.4, -0.2) is 32.1 Å². The number of nitrogens with one attached hydrogen (secondary N) is 2. The van der Waals surface area contributed by atoms with E-state index in [-0.39, 0.29) is 5.91 Å². The zero-order valence-corrected chi connectivity index (χ0v) is 11.9. The van der Waals surface area contributed by atoms with E-state index in [1.165, 1.54) is 5.56 Å². The molecule has 1 aliphatic heterocycles. The molecule has 1 atom stereocenters. The number of hydrogen-bond acceptors (Lipinski definition) is 3. The summed E-state index contributed by atoms with van der Waals surface area (Å²) < 4.78 is 5.57. The predicted octanol–water partition coefficient (Wildman–Crippen LogP) is 1.71. The molecule has 1 aromatic carbocycles. The van der Waals surface area contributed by atoms with E-state index in [0.717, 1.165) is 25.9 Å². The molecule has 1 aliphatic rings. The molecule has 110 valence electrons. The van der Waals surface area contributed by atoms with Gasteiger partial charge < -0.3 is 15.4 Å². The highest BCUT2D eigenvalue weighted by Crippen LogP contribution is 2.11. The molecule has 2 rings (SSSR count). The largest absolute Gasteiger partial charge is 0.377 e. The second-order valence-corrected chi connectivity index (χ2v) is 5.30. The maximum absolute atomic E-state index is 11.7. The van der Waals surface area contributed by atoms with Gasteiger partial charge in [-0.25, -0.2) is 0 Å². The van der Waals surface area contributed by atoms with Gasteiger partial charge in [-0.3, -0.25) is 4.79 Å². The molecule has 0 aromatic heterocycles. The topological polar surface area (TPSA) is 50.4 Å². The van der Waals surface area contributed by atoms with Crippen LogP contribution in [-0.2, 0) is 16.1 Å². The van der Waals surface area contributed by atoms with Crippen LogP contribution in [0.2, 0.25) is 0 Å². The summed E-state index contributed by atoms with van der Waals surface area (Å²) >= 11 is 0. The highest BCUT2D eigenvalue weighted by Gasteiger charge is 2.17. The Balaban J connectivity index is 1.46. The van der Waals surface area contributed by atoms with E-state index in [2.05, 4.69) is 22.8 Å². The minimum absolute atomic E-state index is 0.168. The quantitative estimate of drug-likeness (QED) is 0.711. The molecule has 0 bridgehead atoms. The number of ether oxygens (including phenoxy) is 1. The Kier molecular flexibility index (Phi) is 6.54. The molecular formula is C16H24N2O2. The van der Waals surface area contributed by atoms with Crippen LogP contribution in [0.25, 0.3) is 0 Å². The van der Waals surface area contributed by atoms with Crippen molar-refractivity contribution < 1.29 is 9.53 Å². The second kappa shape index (κ2) is 8.72. The molecule has 0 saturated carbocycles. The van der Waals surface area contributed by atoms with E-state index in [0.29, 0.717) is 32.1 Å². The van der Waals surface area contributed by atoms with Crippen LogP contribution in [0.4, 0.5) is 0 Å². The van der Waals surface area contributed by atoms with Crippen molar-refractivity contribution in [1.82, 2.24) is 10.6 Å². The molecule has 0 aliphatic carbocycles. The van der Waals surface area contributed by atoms with Crippen LogP contribution in [0, 0.1) is 5.92 Å². The molecule has 1 heterocycles. The summed E-state index contributed by atoms with van der Waals surface area (Å²) in [7, 11) is 0. The fourth-order valence-electron chi connectivity index (χ4n) is 2.39.